The zero-order chi connectivity index (χ0) is 18.1. The average molecular weight is 427 g/mol. The number of carbonyl (C=O) groups is 1. The molecule has 2 fully saturated rings. The van der Waals surface area contributed by atoms with Crippen LogP contribution < -0.4 is 5.32 Å². The fourth-order valence-corrected chi connectivity index (χ4v) is 5.18. The van der Waals surface area contributed by atoms with Gasteiger partial charge < -0.3 is 10.2 Å². The van der Waals surface area contributed by atoms with Crippen LogP contribution in [0.1, 0.15) is 23.1 Å². The van der Waals surface area contributed by atoms with Gasteiger partial charge in [-0.05, 0) is 23.3 Å². The number of rotatable bonds is 3. The molecular formula is C19H24Cl2N4OS. The molecule has 1 N–H and O–H groups in total. The first kappa shape index (κ1) is 20.5. The van der Waals surface area contributed by atoms with E-state index < -0.39 is 0 Å². The lowest BCUT2D eigenvalue weighted by molar-refractivity contribution is -0.137. The summed E-state index contributed by atoms with van der Waals surface area (Å²) in [4.78, 5) is 15.5. The topological polar surface area (TPSA) is 50.2 Å². The summed E-state index contributed by atoms with van der Waals surface area (Å²) in [5.41, 5.74) is 2.31. The highest BCUT2D eigenvalue weighted by Gasteiger charge is 2.40. The minimum Gasteiger partial charge on any atom is -0.334 e. The zero-order valence-electron chi connectivity index (χ0n) is 15.2. The number of aryl methyl sites for hydroxylation is 1. The fourth-order valence-electron chi connectivity index (χ4n) is 3.96. The van der Waals surface area contributed by atoms with Gasteiger partial charge in [-0.15, -0.1) is 12.4 Å². The number of nitrogens with zero attached hydrogens (tertiary/aromatic N) is 3. The summed E-state index contributed by atoms with van der Waals surface area (Å²) in [6.45, 7) is 2.36. The Kier molecular flexibility index (Phi) is 6.74. The lowest BCUT2D eigenvalue weighted by Gasteiger charge is -2.38. The predicted octanol–water partition coefficient (Wildman–Crippen LogP) is 3.12. The van der Waals surface area contributed by atoms with E-state index in [1.165, 1.54) is 5.56 Å². The van der Waals surface area contributed by atoms with Crippen molar-refractivity contribution in [1.82, 2.24) is 20.0 Å². The minimum atomic E-state index is -0.0305. The Bertz CT molecular complexity index is 782. The molecule has 8 heteroatoms. The van der Waals surface area contributed by atoms with Crippen LogP contribution in [0.15, 0.2) is 36.7 Å². The van der Waals surface area contributed by atoms with Crippen molar-refractivity contribution in [3.63, 3.8) is 0 Å². The molecule has 2 saturated heterocycles. The second-order valence-electron chi connectivity index (χ2n) is 6.99. The van der Waals surface area contributed by atoms with Gasteiger partial charge in [0.15, 0.2) is 0 Å². The number of thioether (sulfide) groups is 1. The van der Waals surface area contributed by atoms with Gasteiger partial charge in [0.2, 0.25) is 5.91 Å². The molecule has 0 aliphatic carbocycles. The van der Waals surface area contributed by atoms with Crippen LogP contribution in [-0.4, -0.2) is 51.7 Å². The van der Waals surface area contributed by atoms with E-state index in [0.29, 0.717) is 0 Å². The molecule has 1 aromatic carbocycles. The highest BCUT2D eigenvalue weighted by atomic mass is 35.5. The first-order valence-corrected chi connectivity index (χ1v) is 10.5. The van der Waals surface area contributed by atoms with Crippen LogP contribution in [0, 0.1) is 5.92 Å². The molecule has 3 atom stereocenters. The molecule has 3 heterocycles. The number of halogens is 2. The van der Waals surface area contributed by atoms with Crippen LogP contribution >= 0.6 is 35.8 Å². The number of carbonyl (C=O) groups excluding carboxylic acids is 1. The van der Waals surface area contributed by atoms with Gasteiger partial charge >= 0.3 is 0 Å². The normalized spacial score (nSPS) is 25.3. The van der Waals surface area contributed by atoms with Gasteiger partial charge in [0.25, 0.3) is 0 Å². The summed E-state index contributed by atoms with van der Waals surface area (Å²) in [5.74, 6) is 2.34. The maximum atomic E-state index is 13.5. The molecule has 0 saturated carbocycles. The third-order valence-electron chi connectivity index (χ3n) is 5.35. The second kappa shape index (κ2) is 8.86. The molecule has 0 spiro atoms. The fraction of sp³-hybridized carbons (Fsp3) is 0.474. The predicted molar refractivity (Wildman–Crippen MR) is 113 cm³/mol. The average Bonchev–Trinajstić information content (AvgIpc) is 3.30. The standard InChI is InChI=1S/C19H23ClN4OS.ClH/c1-23-11-14(8-22-23)16-9-21-10-17(16)19(25)24-6-7-26-12-18(24)13-2-4-15(20)5-3-13;/h2-5,8,11,16-18,21H,6-7,9-10,12H2,1H3;1H/t16-,17+,18?;/m1./s1. The molecule has 5 nitrogen and oxygen atoms in total. The van der Waals surface area contributed by atoms with E-state index in [1.54, 1.807) is 0 Å². The van der Waals surface area contributed by atoms with Gasteiger partial charge in [0.05, 0.1) is 18.2 Å². The number of nitrogens with one attached hydrogen (secondary N) is 1. The quantitative estimate of drug-likeness (QED) is 0.818. The van der Waals surface area contributed by atoms with Crippen LogP contribution in [-0.2, 0) is 11.8 Å². The third kappa shape index (κ3) is 4.29. The van der Waals surface area contributed by atoms with Crippen LogP contribution in [0.5, 0.6) is 0 Å². The van der Waals surface area contributed by atoms with Crippen LogP contribution in [0.4, 0.5) is 0 Å². The van der Waals surface area contributed by atoms with E-state index in [1.807, 2.05) is 60.2 Å². The molecule has 4 rings (SSSR count). The molecule has 27 heavy (non-hydrogen) atoms. The van der Waals surface area contributed by atoms with Crippen molar-refractivity contribution in [2.45, 2.75) is 12.0 Å². The highest BCUT2D eigenvalue weighted by molar-refractivity contribution is 7.99. The molecular weight excluding hydrogens is 403 g/mol. The molecule has 0 radical (unpaired) electrons. The van der Waals surface area contributed by atoms with E-state index in [9.17, 15) is 4.79 Å². The Morgan fingerprint density at radius 3 is 2.74 bits per heavy atom. The van der Waals surface area contributed by atoms with Crippen molar-refractivity contribution in [3.8, 4) is 0 Å². The zero-order valence-corrected chi connectivity index (χ0v) is 17.6. The highest BCUT2D eigenvalue weighted by Crippen LogP contribution is 2.35. The van der Waals surface area contributed by atoms with Crippen LogP contribution in [0.2, 0.25) is 5.02 Å². The second-order valence-corrected chi connectivity index (χ2v) is 8.58. The number of hydrogen-bond acceptors (Lipinski definition) is 4. The Morgan fingerprint density at radius 2 is 2.04 bits per heavy atom. The maximum absolute atomic E-state index is 13.5. The maximum Gasteiger partial charge on any atom is 0.228 e. The van der Waals surface area contributed by atoms with E-state index in [-0.39, 0.29) is 36.2 Å². The largest absolute Gasteiger partial charge is 0.334 e. The summed E-state index contributed by atoms with van der Waals surface area (Å²) in [7, 11) is 1.92. The summed E-state index contributed by atoms with van der Waals surface area (Å²) in [6.07, 6.45) is 3.92. The van der Waals surface area contributed by atoms with Gasteiger partial charge in [0, 0.05) is 55.3 Å². The Hall–Kier alpha value is -1.21. The van der Waals surface area contributed by atoms with Gasteiger partial charge in [-0.3, -0.25) is 9.48 Å². The van der Waals surface area contributed by atoms with Crippen molar-refractivity contribution in [1.29, 1.82) is 0 Å². The van der Waals surface area contributed by atoms with E-state index in [4.69, 9.17) is 11.6 Å². The molecule has 146 valence electrons. The van der Waals surface area contributed by atoms with E-state index in [2.05, 4.69) is 15.3 Å². The van der Waals surface area contributed by atoms with Crippen molar-refractivity contribution in [2.24, 2.45) is 13.0 Å². The lowest BCUT2D eigenvalue weighted by Crippen LogP contribution is -2.45. The van der Waals surface area contributed by atoms with E-state index >= 15 is 0 Å². The monoisotopic (exact) mass is 426 g/mol. The van der Waals surface area contributed by atoms with Gasteiger partial charge in [0.1, 0.15) is 0 Å². The number of hydrogen-bond donors (Lipinski definition) is 1. The van der Waals surface area contributed by atoms with Crippen LogP contribution in [0.25, 0.3) is 0 Å². The molecule has 1 unspecified atom stereocenters. The number of benzene rings is 1. The smallest absolute Gasteiger partial charge is 0.228 e. The number of amides is 1. The Balaban J connectivity index is 0.00000210. The van der Waals surface area contributed by atoms with Gasteiger partial charge in [-0.2, -0.15) is 16.9 Å². The molecule has 2 aliphatic heterocycles. The molecule has 2 aromatic rings. The molecule has 0 bridgehead atoms. The van der Waals surface area contributed by atoms with Crippen molar-refractivity contribution >= 4 is 41.7 Å². The van der Waals surface area contributed by atoms with Gasteiger partial charge in [-0.1, -0.05) is 23.7 Å². The lowest BCUT2D eigenvalue weighted by atomic mass is 9.89. The van der Waals surface area contributed by atoms with Gasteiger partial charge in [-0.25, -0.2) is 0 Å². The first-order valence-electron chi connectivity index (χ1n) is 8.96. The molecule has 2 aliphatic rings. The SMILES string of the molecule is Cl.Cn1cc([C@H]2CNC[C@@H]2C(=O)N2CCSCC2c2ccc(Cl)cc2)cn1. The summed E-state index contributed by atoms with van der Waals surface area (Å²) in [6, 6.07) is 8.03. The summed E-state index contributed by atoms with van der Waals surface area (Å²) in [5, 5.41) is 8.42. The summed E-state index contributed by atoms with van der Waals surface area (Å²) >= 11 is 7.95. The minimum absolute atomic E-state index is 0. The third-order valence-corrected chi connectivity index (χ3v) is 6.63. The number of aromatic nitrogens is 2. The molecule has 1 aromatic heterocycles. The Morgan fingerprint density at radius 1 is 1.26 bits per heavy atom. The summed E-state index contributed by atoms with van der Waals surface area (Å²) < 4.78 is 1.81. The van der Waals surface area contributed by atoms with Crippen molar-refractivity contribution < 1.29 is 4.79 Å². The Labute approximate surface area is 175 Å². The van der Waals surface area contributed by atoms with Crippen LogP contribution in [0.3, 0.4) is 0 Å². The van der Waals surface area contributed by atoms with Crippen molar-refractivity contribution in [3.05, 3.63) is 52.8 Å². The molecule has 1 amide bonds. The first-order chi connectivity index (χ1) is 12.6. The van der Waals surface area contributed by atoms with E-state index in [0.717, 1.165) is 41.7 Å². The van der Waals surface area contributed by atoms with Crippen molar-refractivity contribution in [2.75, 3.05) is 31.1 Å².